The maximum atomic E-state index is 9.49. The number of rotatable bonds is 9. The van der Waals surface area contributed by atoms with E-state index in [1.807, 2.05) is 99.5 Å². The van der Waals surface area contributed by atoms with Gasteiger partial charge in [0.15, 0.2) is 0 Å². The largest absolute Gasteiger partial charge is 0.510 e. The number of pyridine rings is 1. The van der Waals surface area contributed by atoms with Gasteiger partial charge in [0.25, 0.3) is 6.33 Å². The van der Waals surface area contributed by atoms with Crippen LogP contribution in [0.15, 0.2) is 206 Å². The molecule has 7 heteroatoms. The Labute approximate surface area is 483 Å². The minimum Gasteiger partial charge on any atom is -0.510 e. The van der Waals surface area contributed by atoms with Gasteiger partial charge in [-0.15, -0.1) is 24.3 Å². The van der Waals surface area contributed by atoms with E-state index in [9.17, 15) is 8.22 Å². The van der Waals surface area contributed by atoms with E-state index in [2.05, 4.69) is 78.2 Å². The van der Waals surface area contributed by atoms with Crippen LogP contribution >= 0.6 is 0 Å². The quantitative estimate of drug-likeness (QED) is 0.107. The van der Waals surface area contributed by atoms with Crippen molar-refractivity contribution in [2.45, 2.75) is 65.7 Å². The summed E-state index contributed by atoms with van der Waals surface area (Å²) in [5.74, 6) is 0.857. The van der Waals surface area contributed by atoms with Gasteiger partial charge < -0.3 is 18.4 Å². The van der Waals surface area contributed by atoms with Crippen LogP contribution in [0.3, 0.4) is 0 Å². The third-order valence-electron chi connectivity index (χ3n) is 14.1. The average molecular weight is 1190 g/mol. The Hall–Kier alpha value is -8.31. The van der Waals surface area contributed by atoms with Crippen molar-refractivity contribution < 1.29 is 48.2 Å². The number of benzene rings is 9. The first-order valence-electron chi connectivity index (χ1n) is 31.8. The molecule has 0 aliphatic carbocycles. The van der Waals surface area contributed by atoms with Crippen LogP contribution in [0.5, 0.6) is 11.5 Å². The molecule has 380 valence electrons. The molecule has 13 rings (SSSR count). The summed E-state index contributed by atoms with van der Waals surface area (Å²) in [6.07, 6.45) is 6.06. The summed E-state index contributed by atoms with van der Waals surface area (Å²) >= 11 is 0. The number of imidazole rings is 1. The van der Waals surface area contributed by atoms with Gasteiger partial charge in [-0.1, -0.05) is 205 Å². The molecule has 0 amide bonds. The number of nitrogens with zero attached hydrogens (tertiary/aromatic N) is 5. The van der Waals surface area contributed by atoms with Crippen LogP contribution in [0.25, 0.3) is 99.8 Å². The van der Waals surface area contributed by atoms with Crippen molar-refractivity contribution in [1.29, 1.82) is 0 Å². The van der Waals surface area contributed by atoms with Crippen molar-refractivity contribution in [3.05, 3.63) is 241 Å². The number of hydrogen-bond acceptors (Lipinski definition) is 2. The monoisotopic (exact) mass is 1190 g/mol. The summed E-state index contributed by atoms with van der Waals surface area (Å²) in [7, 11) is 0. The van der Waals surface area contributed by atoms with Crippen LogP contribution in [0.4, 0.5) is 0 Å². The van der Waals surface area contributed by atoms with E-state index >= 15 is 0 Å². The second-order valence-electron chi connectivity index (χ2n) is 21.0. The van der Waals surface area contributed by atoms with Gasteiger partial charge in [0.2, 0.25) is 0 Å². The van der Waals surface area contributed by atoms with E-state index < -0.39 is 66.5 Å². The standard InChI is InChI=1S/C70H57N5O.Pt/c1-8-46-36-37-71-66(38-46)75-61-33-17-14-28-58(61)67-64(74-59-31-15-12-26-56(59)57-27-13-16-32-60(57)74)43-53(44-65(67)75)76-52-25-20-24-51(42-52)72-45-73(63-35-19-18-34-62(63)72)68-54(47-22-10-9-11-23-47)29-21-30-55(68)48-39-49(69(2,3)4)41-50(40-48)70(5,6)7;/h9-41,43H,8H2,1-7H3;/q-2;/i9D,10D,11D,12D,13D,15D,16D,22D,23D,26D,27D,31D,32D;. The summed E-state index contributed by atoms with van der Waals surface area (Å²) in [5.41, 5.74) is 8.23. The Morgan fingerprint density at radius 1 is 0.571 bits per heavy atom. The Kier molecular flexibility index (Phi) is 9.21. The van der Waals surface area contributed by atoms with Crippen molar-refractivity contribution in [1.82, 2.24) is 18.7 Å². The molecule has 0 aliphatic heterocycles. The molecule has 6 nitrogen and oxygen atoms in total. The SMILES string of the molecule is [2H]c1c([2H])c([2H])c(-c2cccc(-c3cc(C(C)(C)C)cc(C(C)(C)C)c3)c2-[n+]2[c-]n(-c3[c-]c(Oc4[c-]c5c(c(-n6c7c([2H])c([2H])c([2H])c([2H])c7c7c([2H])c([2H])c([2H])c([2H])c76)c4)c4ccccc4n5-c4cc(CC)ccn4)ccc3)c3ccccc32)c([2H])c1[2H].[Pt]. The molecule has 0 atom stereocenters. The molecule has 77 heavy (non-hydrogen) atoms. The number of ether oxygens (including phenoxy) is 1. The molecule has 0 aliphatic rings. The fraction of sp³-hybridized carbons (Fsp3) is 0.143. The van der Waals surface area contributed by atoms with Gasteiger partial charge in [0.05, 0.1) is 45.6 Å². The molecule has 4 heterocycles. The molecule has 0 saturated carbocycles. The van der Waals surface area contributed by atoms with E-state index in [1.165, 1.54) is 4.57 Å². The van der Waals surface area contributed by atoms with Crippen molar-refractivity contribution in [2.24, 2.45) is 0 Å². The summed E-state index contributed by atoms with van der Waals surface area (Å²) in [6, 6.07) is 39.1. The first-order chi connectivity index (χ1) is 42.3. The first-order valence-corrected chi connectivity index (χ1v) is 25.3. The maximum Gasteiger partial charge on any atom is 0.268 e. The predicted molar refractivity (Wildman–Crippen MR) is 312 cm³/mol. The molecule has 9 aromatic carbocycles. The molecule has 0 saturated heterocycles. The molecule has 0 spiro atoms. The first kappa shape index (κ1) is 36.6. The summed E-state index contributed by atoms with van der Waals surface area (Å²) in [6.45, 7) is 15.0. The molecule has 13 aromatic rings. The van der Waals surface area contributed by atoms with Crippen molar-refractivity contribution in [3.8, 4) is 56.6 Å². The van der Waals surface area contributed by atoms with Crippen LogP contribution in [-0.2, 0) is 38.3 Å². The Morgan fingerprint density at radius 2 is 1.21 bits per heavy atom. The average Bonchev–Trinajstić information content (AvgIpc) is 1.53. The molecule has 4 aromatic heterocycles. The normalized spacial score (nSPS) is 14.4. The van der Waals surface area contributed by atoms with E-state index in [4.69, 9.17) is 19.3 Å². The second-order valence-corrected chi connectivity index (χ2v) is 21.0. The van der Waals surface area contributed by atoms with E-state index in [0.29, 0.717) is 62.0 Å². The third-order valence-corrected chi connectivity index (χ3v) is 14.1. The molecule has 0 unspecified atom stereocenters. The van der Waals surface area contributed by atoms with Gasteiger partial charge >= 0.3 is 0 Å². The Morgan fingerprint density at radius 3 is 1.91 bits per heavy atom. The van der Waals surface area contributed by atoms with Crippen LogP contribution < -0.4 is 9.30 Å². The van der Waals surface area contributed by atoms with E-state index in [-0.39, 0.29) is 88.5 Å². The van der Waals surface area contributed by atoms with E-state index in [1.54, 1.807) is 30.5 Å². The van der Waals surface area contributed by atoms with Gasteiger partial charge in [-0.25, -0.2) is 4.98 Å². The van der Waals surface area contributed by atoms with Crippen molar-refractivity contribution >= 4 is 54.6 Å². The summed E-state index contributed by atoms with van der Waals surface area (Å²) in [5, 5.41) is 1.05. The van der Waals surface area contributed by atoms with Gasteiger partial charge in [0, 0.05) is 55.1 Å². The van der Waals surface area contributed by atoms with Crippen LogP contribution in [0, 0.1) is 18.5 Å². The molecule has 0 N–H and O–H groups in total. The molecule has 0 fully saturated rings. The molecular formula is C70H57N5OPt-2. The summed E-state index contributed by atoms with van der Waals surface area (Å²) in [4.78, 5) is 4.85. The van der Waals surface area contributed by atoms with Crippen molar-refractivity contribution in [3.63, 3.8) is 0 Å². The topological polar surface area (TPSA) is 40.8 Å². The minimum absolute atomic E-state index is 0. The number of fused-ring (bicyclic) bond motifs is 7. The van der Waals surface area contributed by atoms with Crippen molar-refractivity contribution in [2.75, 3.05) is 0 Å². The van der Waals surface area contributed by atoms with Crippen LogP contribution in [-0.4, -0.2) is 18.7 Å². The molecule has 0 radical (unpaired) electrons. The van der Waals surface area contributed by atoms with Gasteiger partial charge in [-0.3, -0.25) is 4.57 Å². The fourth-order valence-electron chi connectivity index (χ4n) is 10.3. The Balaban J connectivity index is 0.00000785. The van der Waals surface area contributed by atoms with Gasteiger partial charge in [-0.2, -0.15) is 12.1 Å². The predicted octanol–water partition coefficient (Wildman–Crippen LogP) is 17.2. The minimum atomic E-state index is -0.559. The second kappa shape index (κ2) is 19.4. The van der Waals surface area contributed by atoms with Gasteiger partial charge in [0.1, 0.15) is 5.82 Å². The zero-order chi connectivity index (χ0) is 63.2. The third kappa shape index (κ3) is 8.66. The van der Waals surface area contributed by atoms with Crippen LogP contribution in [0.1, 0.15) is 83.0 Å². The van der Waals surface area contributed by atoms with Crippen LogP contribution in [0.2, 0.25) is 0 Å². The number of aryl methyl sites for hydroxylation is 1. The maximum absolute atomic E-state index is 9.49. The smallest absolute Gasteiger partial charge is 0.268 e. The molecular weight excluding hydrogens is 1120 g/mol. The zero-order valence-corrected chi connectivity index (χ0v) is 45.6. The Bertz CT molecular complexity index is 5050. The summed E-state index contributed by atoms with van der Waals surface area (Å²) < 4.78 is 132. The fourth-order valence-corrected chi connectivity index (χ4v) is 10.3. The zero-order valence-electron chi connectivity index (χ0n) is 56.3. The van der Waals surface area contributed by atoms with E-state index in [0.717, 1.165) is 27.8 Å². The molecule has 0 bridgehead atoms. The number of para-hydroxylation sites is 6. The van der Waals surface area contributed by atoms with Gasteiger partial charge in [-0.05, 0) is 103 Å². The number of hydrogen-bond donors (Lipinski definition) is 0. The number of aromatic nitrogens is 5.